The van der Waals surface area contributed by atoms with E-state index < -0.39 is 30.3 Å². The molecule has 0 aliphatic heterocycles. The SMILES string of the molecule is COc1ccc(S(=O)(=O)Cl)c(OC)c1[N+](=O)[O-]. The second-order valence-corrected chi connectivity index (χ2v) is 5.38. The number of nitro benzene ring substituents is 1. The monoisotopic (exact) mass is 281 g/mol. The van der Waals surface area contributed by atoms with Crippen molar-refractivity contribution in [3.63, 3.8) is 0 Å². The standard InChI is InChI=1S/C8H8ClNO6S/c1-15-5-3-4-6(17(9,13)14)8(16-2)7(5)10(11)12/h3-4H,1-2H3. The van der Waals surface area contributed by atoms with Gasteiger partial charge in [0.25, 0.3) is 9.05 Å². The summed E-state index contributed by atoms with van der Waals surface area (Å²) in [6, 6.07) is 2.21. The molecule has 0 heterocycles. The predicted molar refractivity (Wildman–Crippen MR) is 59.2 cm³/mol. The maximum atomic E-state index is 11.2. The van der Waals surface area contributed by atoms with Crippen LogP contribution >= 0.6 is 10.7 Å². The zero-order valence-electron chi connectivity index (χ0n) is 8.84. The van der Waals surface area contributed by atoms with Gasteiger partial charge in [0.05, 0.1) is 19.1 Å². The minimum absolute atomic E-state index is 0.115. The van der Waals surface area contributed by atoms with Crippen molar-refractivity contribution in [1.82, 2.24) is 0 Å². The van der Waals surface area contributed by atoms with Crippen LogP contribution in [-0.4, -0.2) is 27.6 Å². The van der Waals surface area contributed by atoms with Crippen LogP contribution in [0.15, 0.2) is 17.0 Å². The summed E-state index contributed by atoms with van der Waals surface area (Å²) in [6.45, 7) is 0. The van der Waals surface area contributed by atoms with Gasteiger partial charge in [-0.15, -0.1) is 0 Å². The first-order valence-electron chi connectivity index (χ1n) is 4.17. The van der Waals surface area contributed by atoms with Gasteiger partial charge in [0, 0.05) is 10.7 Å². The molecule has 0 saturated carbocycles. The van der Waals surface area contributed by atoms with Gasteiger partial charge in [-0.2, -0.15) is 0 Å². The zero-order chi connectivity index (χ0) is 13.2. The van der Waals surface area contributed by atoms with Gasteiger partial charge < -0.3 is 9.47 Å². The van der Waals surface area contributed by atoms with Gasteiger partial charge in [0.1, 0.15) is 4.90 Å². The van der Waals surface area contributed by atoms with Crippen LogP contribution in [0.3, 0.4) is 0 Å². The molecule has 0 fully saturated rings. The van der Waals surface area contributed by atoms with Crippen LogP contribution in [0, 0.1) is 10.1 Å². The van der Waals surface area contributed by atoms with E-state index in [9.17, 15) is 18.5 Å². The van der Waals surface area contributed by atoms with Crippen molar-refractivity contribution in [2.45, 2.75) is 4.90 Å². The first-order chi connectivity index (χ1) is 7.82. The van der Waals surface area contributed by atoms with Gasteiger partial charge in [-0.05, 0) is 12.1 Å². The lowest BCUT2D eigenvalue weighted by Gasteiger charge is -2.09. The van der Waals surface area contributed by atoms with E-state index in [2.05, 4.69) is 0 Å². The Hall–Kier alpha value is -1.54. The van der Waals surface area contributed by atoms with Crippen LogP contribution in [0.2, 0.25) is 0 Å². The van der Waals surface area contributed by atoms with Gasteiger partial charge in [0.15, 0.2) is 0 Å². The largest absolute Gasteiger partial charge is 0.490 e. The van der Waals surface area contributed by atoms with E-state index >= 15 is 0 Å². The minimum atomic E-state index is -4.14. The first-order valence-corrected chi connectivity index (χ1v) is 6.48. The van der Waals surface area contributed by atoms with E-state index in [1.165, 1.54) is 7.11 Å². The Morgan fingerprint density at radius 2 is 1.88 bits per heavy atom. The molecule has 17 heavy (non-hydrogen) atoms. The van der Waals surface area contributed by atoms with Gasteiger partial charge in [-0.3, -0.25) is 10.1 Å². The Kier molecular flexibility index (Phi) is 3.79. The summed E-state index contributed by atoms with van der Waals surface area (Å²) in [5.74, 6) is -0.569. The smallest absolute Gasteiger partial charge is 0.353 e. The summed E-state index contributed by atoms with van der Waals surface area (Å²) < 4.78 is 31.9. The lowest BCUT2D eigenvalue weighted by Crippen LogP contribution is -2.02. The van der Waals surface area contributed by atoms with Gasteiger partial charge in [-0.1, -0.05) is 0 Å². The maximum absolute atomic E-state index is 11.2. The fraction of sp³-hybridized carbons (Fsp3) is 0.250. The Bertz CT molecular complexity index is 555. The van der Waals surface area contributed by atoms with Crippen molar-refractivity contribution in [1.29, 1.82) is 0 Å². The third-order valence-electron chi connectivity index (χ3n) is 1.93. The molecule has 0 unspecified atom stereocenters. The molecular formula is C8H8ClNO6S. The first kappa shape index (κ1) is 13.5. The molecule has 0 saturated heterocycles. The normalized spacial score (nSPS) is 11.0. The fourth-order valence-corrected chi connectivity index (χ4v) is 2.26. The number of benzene rings is 1. The third-order valence-corrected chi connectivity index (χ3v) is 3.27. The van der Waals surface area contributed by atoms with E-state index in [1.807, 2.05) is 0 Å². The van der Waals surface area contributed by atoms with Crippen molar-refractivity contribution in [3.05, 3.63) is 22.2 Å². The van der Waals surface area contributed by atoms with Crippen LogP contribution in [-0.2, 0) is 9.05 Å². The summed E-state index contributed by atoms with van der Waals surface area (Å²) in [7, 11) is 3.33. The molecule has 0 aliphatic carbocycles. The molecule has 0 N–H and O–H groups in total. The Morgan fingerprint density at radius 3 is 2.24 bits per heavy atom. The molecule has 0 aliphatic rings. The highest BCUT2D eigenvalue weighted by Gasteiger charge is 2.30. The quantitative estimate of drug-likeness (QED) is 0.472. The van der Waals surface area contributed by atoms with Gasteiger partial charge in [0.2, 0.25) is 11.5 Å². The number of nitro groups is 1. The Labute approximate surface area is 101 Å². The van der Waals surface area contributed by atoms with Crippen LogP contribution in [0.25, 0.3) is 0 Å². The summed E-state index contributed by atoms with van der Waals surface area (Å²) in [5.41, 5.74) is -0.586. The number of methoxy groups -OCH3 is 2. The number of hydrogen-bond donors (Lipinski definition) is 0. The van der Waals surface area contributed by atoms with E-state index in [4.69, 9.17) is 20.2 Å². The highest BCUT2D eigenvalue weighted by Crippen LogP contribution is 2.42. The molecule has 1 aromatic rings. The topological polar surface area (TPSA) is 95.7 Å². The molecule has 7 nitrogen and oxygen atoms in total. The lowest BCUT2D eigenvalue weighted by atomic mass is 10.2. The fourth-order valence-electron chi connectivity index (χ4n) is 1.26. The summed E-state index contributed by atoms with van der Waals surface area (Å²) >= 11 is 0. The highest BCUT2D eigenvalue weighted by atomic mass is 35.7. The molecule has 0 spiro atoms. The van der Waals surface area contributed by atoms with Gasteiger partial charge >= 0.3 is 5.69 Å². The zero-order valence-corrected chi connectivity index (χ0v) is 10.4. The number of ether oxygens (including phenoxy) is 2. The molecule has 0 atom stereocenters. The molecule has 94 valence electrons. The van der Waals surface area contributed by atoms with E-state index in [-0.39, 0.29) is 5.75 Å². The van der Waals surface area contributed by atoms with Gasteiger partial charge in [-0.25, -0.2) is 8.42 Å². The molecule has 1 aromatic carbocycles. The molecule has 9 heteroatoms. The van der Waals surface area contributed by atoms with Crippen molar-refractivity contribution >= 4 is 25.4 Å². The molecule has 1 rings (SSSR count). The van der Waals surface area contributed by atoms with Crippen LogP contribution in [0.5, 0.6) is 11.5 Å². The molecule has 0 amide bonds. The lowest BCUT2D eigenvalue weighted by molar-refractivity contribution is -0.386. The number of rotatable bonds is 4. The summed E-state index contributed by atoms with van der Waals surface area (Å²) in [6.07, 6.45) is 0. The second kappa shape index (κ2) is 4.76. The summed E-state index contributed by atoms with van der Waals surface area (Å²) in [5, 5.41) is 10.8. The van der Waals surface area contributed by atoms with E-state index in [1.54, 1.807) is 0 Å². The highest BCUT2D eigenvalue weighted by molar-refractivity contribution is 8.13. The Balaban J connectivity index is 3.70. The molecule has 0 radical (unpaired) electrons. The predicted octanol–water partition coefficient (Wildman–Crippen LogP) is 1.54. The number of hydrogen-bond acceptors (Lipinski definition) is 6. The average molecular weight is 282 g/mol. The van der Waals surface area contributed by atoms with Crippen LogP contribution < -0.4 is 9.47 Å². The van der Waals surface area contributed by atoms with Crippen LogP contribution in [0.1, 0.15) is 0 Å². The third kappa shape index (κ3) is 2.59. The maximum Gasteiger partial charge on any atom is 0.353 e. The van der Waals surface area contributed by atoms with Crippen LogP contribution in [0.4, 0.5) is 5.69 Å². The van der Waals surface area contributed by atoms with Crippen molar-refractivity contribution < 1.29 is 22.8 Å². The Morgan fingerprint density at radius 1 is 1.29 bits per heavy atom. The molecule has 0 aromatic heterocycles. The van der Waals surface area contributed by atoms with E-state index in [0.717, 1.165) is 19.2 Å². The van der Waals surface area contributed by atoms with Crippen molar-refractivity contribution in [3.8, 4) is 11.5 Å². The minimum Gasteiger partial charge on any atom is -0.490 e. The molecular weight excluding hydrogens is 274 g/mol. The molecule has 0 bridgehead atoms. The van der Waals surface area contributed by atoms with E-state index in [0.29, 0.717) is 0 Å². The number of nitrogens with zero attached hydrogens (tertiary/aromatic N) is 1. The van der Waals surface area contributed by atoms with Crippen molar-refractivity contribution in [2.24, 2.45) is 0 Å². The summed E-state index contributed by atoms with van der Waals surface area (Å²) in [4.78, 5) is 9.57. The number of halogens is 1. The second-order valence-electron chi connectivity index (χ2n) is 2.84. The van der Waals surface area contributed by atoms with Crippen molar-refractivity contribution in [2.75, 3.05) is 14.2 Å². The average Bonchev–Trinajstić information content (AvgIpc) is 2.25.